The molecule has 0 unspecified atom stereocenters. The number of benzene rings is 2. The highest BCUT2D eigenvalue weighted by Crippen LogP contribution is 2.31. The minimum atomic E-state index is -0.178. The van der Waals surface area contributed by atoms with Crippen molar-refractivity contribution < 1.29 is 14.3 Å². The summed E-state index contributed by atoms with van der Waals surface area (Å²) in [6.07, 6.45) is 0.967. The topological polar surface area (TPSA) is 58.6 Å². The second-order valence-electron chi connectivity index (χ2n) is 5.82. The molecule has 0 spiro atoms. The largest absolute Gasteiger partial charge is 0.495 e. The average Bonchev–Trinajstić information content (AvgIpc) is 2.63. The summed E-state index contributed by atoms with van der Waals surface area (Å²) in [7, 11) is 1.53. The number of anilines is 1. The summed E-state index contributed by atoms with van der Waals surface area (Å²) < 4.78 is 5.30. The predicted molar refractivity (Wildman–Crippen MR) is 104 cm³/mol. The van der Waals surface area contributed by atoms with E-state index in [0.717, 1.165) is 6.42 Å². The Morgan fingerprint density at radius 2 is 1.88 bits per heavy atom. The molecule has 26 heavy (non-hydrogen) atoms. The molecule has 2 rings (SSSR count). The quantitative estimate of drug-likeness (QED) is 0.769. The maximum absolute atomic E-state index is 12.1. The zero-order valence-electron chi connectivity index (χ0n) is 15.0. The molecule has 2 amide bonds. The number of carbonyl (C=O) groups excluding carboxylic acids is 2. The zero-order chi connectivity index (χ0) is 18.9. The lowest BCUT2D eigenvalue weighted by atomic mass is 10.1. The van der Waals surface area contributed by atoms with Gasteiger partial charge in [0.25, 0.3) is 0 Å². The van der Waals surface area contributed by atoms with Crippen LogP contribution in [0.25, 0.3) is 0 Å². The molecule has 0 aliphatic carbocycles. The van der Waals surface area contributed by atoms with Gasteiger partial charge in [0.1, 0.15) is 5.75 Å². The van der Waals surface area contributed by atoms with E-state index in [0.29, 0.717) is 23.0 Å². The van der Waals surface area contributed by atoms with Gasteiger partial charge in [-0.1, -0.05) is 41.9 Å². The maximum Gasteiger partial charge on any atom is 0.223 e. The summed E-state index contributed by atoms with van der Waals surface area (Å²) in [6.45, 7) is 2.26. The lowest BCUT2D eigenvalue weighted by Gasteiger charge is -2.23. The van der Waals surface area contributed by atoms with Crippen molar-refractivity contribution in [1.82, 2.24) is 5.32 Å². The van der Waals surface area contributed by atoms with Crippen LogP contribution in [-0.4, -0.2) is 32.0 Å². The van der Waals surface area contributed by atoms with E-state index in [9.17, 15) is 9.59 Å². The summed E-state index contributed by atoms with van der Waals surface area (Å²) in [6, 6.07) is 15.0. The first-order valence-electron chi connectivity index (χ1n) is 8.43. The highest BCUT2D eigenvalue weighted by atomic mass is 35.5. The first kappa shape index (κ1) is 19.8. The van der Waals surface area contributed by atoms with Gasteiger partial charge in [0.2, 0.25) is 11.8 Å². The monoisotopic (exact) mass is 374 g/mol. The lowest BCUT2D eigenvalue weighted by molar-refractivity contribution is -0.121. The van der Waals surface area contributed by atoms with Gasteiger partial charge in [0.05, 0.1) is 12.8 Å². The van der Waals surface area contributed by atoms with E-state index in [-0.39, 0.29) is 24.8 Å². The number of halogens is 1. The van der Waals surface area contributed by atoms with Crippen molar-refractivity contribution in [2.45, 2.75) is 19.8 Å². The minimum absolute atomic E-state index is 0.104. The second-order valence-corrected chi connectivity index (χ2v) is 6.26. The third-order valence-electron chi connectivity index (χ3n) is 3.95. The van der Waals surface area contributed by atoms with E-state index in [1.165, 1.54) is 24.5 Å². The number of nitrogens with zero attached hydrogens (tertiary/aromatic N) is 1. The molecule has 0 aliphatic heterocycles. The molecule has 2 aromatic rings. The molecule has 0 fully saturated rings. The molecule has 0 saturated carbocycles. The van der Waals surface area contributed by atoms with Crippen molar-refractivity contribution in [3.8, 4) is 5.75 Å². The van der Waals surface area contributed by atoms with Gasteiger partial charge in [0, 0.05) is 31.5 Å². The molecule has 0 atom stereocenters. The van der Waals surface area contributed by atoms with Gasteiger partial charge in [-0.3, -0.25) is 9.59 Å². The summed E-state index contributed by atoms with van der Waals surface area (Å²) in [5.41, 5.74) is 1.73. The zero-order valence-corrected chi connectivity index (χ0v) is 15.8. The Labute approximate surface area is 158 Å². The van der Waals surface area contributed by atoms with Crippen LogP contribution < -0.4 is 15.0 Å². The van der Waals surface area contributed by atoms with Crippen LogP contribution in [-0.2, 0) is 16.0 Å². The Bertz CT molecular complexity index is 750. The van der Waals surface area contributed by atoms with Crippen molar-refractivity contribution >= 4 is 29.1 Å². The standard InChI is InChI=1S/C20H23ClN2O3/c1-15(24)23(18-14-17(21)8-9-19(18)26-2)13-11-20(25)22-12-10-16-6-4-3-5-7-16/h3-9,14H,10-13H2,1-2H3,(H,22,25). The SMILES string of the molecule is COc1ccc(Cl)cc1N(CCC(=O)NCCc1ccccc1)C(C)=O. The van der Waals surface area contributed by atoms with Crippen LogP contribution in [0.3, 0.4) is 0 Å². The summed E-state index contributed by atoms with van der Waals surface area (Å²) in [4.78, 5) is 25.6. The van der Waals surface area contributed by atoms with E-state index < -0.39 is 0 Å². The molecule has 0 radical (unpaired) electrons. The van der Waals surface area contributed by atoms with Crippen molar-refractivity contribution in [1.29, 1.82) is 0 Å². The lowest BCUT2D eigenvalue weighted by Crippen LogP contribution is -2.34. The molecule has 1 N–H and O–H groups in total. The number of ether oxygens (including phenoxy) is 1. The van der Waals surface area contributed by atoms with Gasteiger partial charge >= 0.3 is 0 Å². The molecule has 0 aromatic heterocycles. The third-order valence-corrected chi connectivity index (χ3v) is 4.19. The number of amides is 2. The fourth-order valence-corrected chi connectivity index (χ4v) is 2.78. The Morgan fingerprint density at radius 3 is 2.54 bits per heavy atom. The van der Waals surface area contributed by atoms with Gasteiger partial charge in [-0.05, 0) is 30.2 Å². The molecule has 0 saturated heterocycles. The number of hydrogen-bond donors (Lipinski definition) is 1. The van der Waals surface area contributed by atoms with Gasteiger partial charge in [-0.15, -0.1) is 0 Å². The van der Waals surface area contributed by atoms with Crippen LogP contribution in [0.1, 0.15) is 18.9 Å². The molecule has 2 aromatic carbocycles. The van der Waals surface area contributed by atoms with E-state index in [2.05, 4.69) is 5.32 Å². The number of methoxy groups -OCH3 is 1. The van der Waals surface area contributed by atoms with Crippen LogP contribution in [0.4, 0.5) is 5.69 Å². The maximum atomic E-state index is 12.1. The number of rotatable bonds is 8. The van der Waals surface area contributed by atoms with Crippen molar-refractivity contribution in [3.05, 3.63) is 59.1 Å². The molecule has 5 nitrogen and oxygen atoms in total. The number of nitrogens with one attached hydrogen (secondary N) is 1. The van der Waals surface area contributed by atoms with Crippen molar-refractivity contribution in [2.75, 3.05) is 25.1 Å². The second kappa shape index (κ2) is 9.82. The fraction of sp³-hybridized carbons (Fsp3) is 0.300. The fourth-order valence-electron chi connectivity index (χ4n) is 2.61. The van der Waals surface area contributed by atoms with Crippen molar-refractivity contribution in [3.63, 3.8) is 0 Å². The highest BCUT2D eigenvalue weighted by Gasteiger charge is 2.18. The van der Waals surface area contributed by atoms with Gasteiger partial charge in [-0.2, -0.15) is 0 Å². The smallest absolute Gasteiger partial charge is 0.223 e. The third kappa shape index (κ3) is 5.77. The number of hydrogen-bond acceptors (Lipinski definition) is 3. The Hall–Kier alpha value is -2.53. The molecule has 6 heteroatoms. The summed E-state index contributed by atoms with van der Waals surface area (Å²) in [5, 5.41) is 3.38. The molecule has 0 bridgehead atoms. The highest BCUT2D eigenvalue weighted by molar-refractivity contribution is 6.31. The van der Waals surface area contributed by atoms with Gasteiger partial charge < -0.3 is 15.0 Å². The molecular weight excluding hydrogens is 352 g/mol. The molecular formula is C20H23ClN2O3. The van der Waals surface area contributed by atoms with Crippen LogP contribution in [0.15, 0.2) is 48.5 Å². The van der Waals surface area contributed by atoms with Crippen LogP contribution >= 0.6 is 11.6 Å². The first-order valence-corrected chi connectivity index (χ1v) is 8.81. The van der Waals surface area contributed by atoms with E-state index in [4.69, 9.17) is 16.3 Å². The molecule has 0 heterocycles. The van der Waals surface area contributed by atoms with E-state index in [1.54, 1.807) is 18.2 Å². The van der Waals surface area contributed by atoms with E-state index in [1.807, 2.05) is 30.3 Å². The van der Waals surface area contributed by atoms with Crippen LogP contribution in [0, 0.1) is 0 Å². The normalized spacial score (nSPS) is 10.3. The van der Waals surface area contributed by atoms with Crippen LogP contribution in [0.5, 0.6) is 5.75 Å². The predicted octanol–water partition coefficient (Wildman–Crippen LogP) is 3.45. The van der Waals surface area contributed by atoms with Gasteiger partial charge in [-0.25, -0.2) is 0 Å². The summed E-state index contributed by atoms with van der Waals surface area (Å²) in [5.74, 6) is 0.255. The first-order chi connectivity index (χ1) is 12.5. The number of carbonyl (C=O) groups is 2. The van der Waals surface area contributed by atoms with Crippen LogP contribution in [0.2, 0.25) is 5.02 Å². The van der Waals surface area contributed by atoms with E-state index >= 15 is 0 Å². The Morgan fingerprint density at radius 1 is 1.15 bits per heavy atom. The Kier molecular flexibility index (Phi) is 7.48. The molecule has 0 aliphatic rings. The summed E-state index contributed by atoms with van der Waals surface area (Å²) >= 11 is 6.04. The Balaban J connectivity index is 1.91. The molecule has 138 valence electrons. The van der Waals surface area contributed by atoms with Crippen molar-refractivity contribution in [2.24, 2.45) is 0 Å². The van der Waals surface area contributed by atoms with Gasteiger partial charge in [0.15, 0.2) is 0 Å². The average molecular weight is 375 g/mol. The minimum Gasteiger partial charge on any atom is -0.495 e.